The molecule has 158 valence electrons. The Kier molecular flexibility index (Phi) is 18.6. The van der Waals surface area contributed by atoms with Crippen LogP contribution in [-0.2, 0) is 19.8 Å². The molecule has 0 saturated carbocycles. The molecule has 0 bridgehead atoms. The lowest BCUT2D eigenvalue weighted by molar-refractivity contribution is -0.715. The summed E-state index contributed by atoms with van der Waals surface area (Å²) in [5.74, 6) is 0. The molecule has 4 heteroatoms. The molecule has 1 rings (SSSR count). The number of aliphatic hydroxyl groups is 2. The van der Waals surface area contributed by atoms with Crippen LogP contribution in [0.25, 0.3) is 0 Å². The van der Waals surface area contributed by atoms with Crippen molar-refractivity contribution in [3.8, 4) is 0 Å². The molecule has 0 spiro atoms. The van der Waals surface area contributed by atoms with E-state index in [-0.39, 0.29) is 30.2 Å². The molecule has 0 radical (unpaired) electrons. The van der Waals surface area contributed by atoms with Gasteiger partial charge in [0.05, 0.1) is 0 Å². The van der Waals surface area contributed by atoms with Gasteiger partial charge in [0, 0.05) is 18.6 Å². The Labute approximate surface area is 178 Å². The van der Waals surface area contributed by atoms with Gasteiger partial charge in [-0.3, -0.25) is 0 Å². The standard InChI is InChI=1S/C23H42NO2.BrH/c1-2-3-4-5-6-7-8-9-10-11-12-13-14-15-19-24-22(20-25)17-16-18-23(24)21-26;/h16-18,25-26H,2-15,19-21H2,1H3;1H/q+1;/p-1. The summed E-state index contributed by atoms with van der Waals surface area (Å²) < 4.78 is 2.07. The number of hydrogen-bond acceptors (Lipinski definition) is 2. The Morgan fingerprint density at radius 2 is 1.00 bits per heavy atom. The molecule has 0 aliphatic carbocycles. The smallest absolute Gasteiger partial charge is 0.207 e. The van der Waals surface area contributed by atoms with Gasteiger partial charge in [-0.1, -0.05) is 84.0 Å². The minimum absolute atomic E-state index is 0. The van der Waals surface area contributed by atoms with Gasteiger partial charge in [-0.2, -0.15) is 4.57 Å². The van der Waals surface area contributed by atoms with Crippen molar-refractivity contribution in [2.45, 2.75) is 117 Å². The summed E-state index contributed by atoms with van der Waals surface area (Å²) in [6.45, 7) is 3.24. The van der Waals surface area contributed by atoms with Crippen LogP contribution < -0.4 is 21.5 Å². The van der Waals surface area contributed by atoms with Gasteiger partial charge in [0.15, 0.2) is 0 Å². The van der Waals surface area contributed by atoms with Gasteiger partial charge in [-0.25, -0.2) is 0 Å². The summed E-state index contributed by atoms with van der Waals surface area (Å²) in [6, 6.07) is 5.77. The van der Waals surface area contributed by atoms with E-state index in [2.05, 4.69) is 11.5 Å². The number of rotatable bonds is 17. The van der Waals surface area contributed by atoms with Crippen LogP contribution >= 0.6 is 0 Å². The third-order valence-corrected chi connectivity index (χ3v) is 5.33. The first-order valence-electron chi connectivity index (χ1n) is 11.1. The van der Waals surface area contributed by atoms with Gasteiger partial charge < -0.3 is 27.2 Å². The average Bonchev–Trinajstić information content (AvgIpc) is 2.68. The van der Waals surface area contributed by atoms with E-state index in [0.717, 1.165) is 24.4 Å². The molecule has 1 aromatic heterocycles. The van der Waals surface area contributed by atoms with Crippen LogP contribution in [0.5, 0.6) is 0 Å². The predicted molar refractivity (Wildman–Crippen MR) is 109 cm³/mol. The molecule has 0 aliphatic rings. The Morgan fingerprint density at radius 1 is 0.630 bits per heavy atom. The lowest BCUT2D eigenvalue weighted by Gasteiger charge is -2.06. The number of nitrogens with zero attached hydrogens (tertiary/aromatic N) is 1. The summed E-state index contributed by atoms with van der Waals surface area (Å²) in [5.41, 5.74) is 1.79. The van der Waals surface area contributed by atoms with Crippen LogP contribution in [0.4, 0.5) is 0 Å². The SMILES string of the molecule is CCCCCCCCCCCCCCCC[n+]1c(CO)cccc1CO.[Br-]. The number of halogens is 1. The van der Waals surface area contributed by atoms with Gasteiger partial charge in [-0.15, -0.1) is 0 Å². The predicted octanol–water partition coefficient (Wildman–Crippen LogP) is 2.44. The van der Waals surface area contributed by atoms with Crippen LogP contribution in [0.15, 0.2) is 18.2 Å². The Morgan fingerprint density at radius 3 is 1.37 bits per heavy atom. The molecule has 0 atom stereocenters. The molecule has 0 amide bonds. The molecular formula is C23H42BrNO2. The zero-order chi connectivity index (χ0) is 18.9. The Balaban J connectivity index is 0.00000676. The summed E-state index contributed by atoms with van der Waals surface area (Å²) in [5, 5.41) is 18.9. The Bertz CT molecular complexity index is 432. The first kappa shape index (κ1) is 26.6. The molecule has 0 aromatic carbocycles. The van der Waals surface area contributed by atoms with Crippen molar-refractivity contribution >= 4 is 0 Å². The highest BCUT2D eigenvalue weighted by Gasteiger charge is 2.14. The fourth-order valence-electron chi connectivity index (χ4n) is 3.66. The second-order valence-electron chi connectivity index (χ2n) is 7.57. The van der Waals surface area contributed by atoms with Crippen molar-refractivity contribution in [1.82, 2.24) is 0 Å². The highest BCUT2D eigenvalue weighted by atomic mass is 79.9. The molecule has 3 nitrogen and oxygen atoms in total. The van der Waals surface area contributed by atoms with Crippen LogP contribution in [0.2, 0.25) is 0 Å². The highest BCUT2D eigenvalue weighted by Crippen LogP contribution is 2.13. The van der Waals surface area contributed by atoms with Crippen molar-refractivity contribution in [2.75, 3.05) is 0 Å². The highest BCUT2D eigenvalue weighted by molar-refractivity contribution is 5.02. The van der Waals surface area contributed by atoms with Crippen LogP contribution in [-0.4, -0.2) is 10.2 Å². The normalized spacial score (nSPS) is 10.8. The van der Waals surface area contributed by atoms with Gasteiger partial charge in [-0.05, 0) is 12.5 Å². The maximum atomic E-state index is 9.45. The van der Waals surface area contributed by atoms with Crippen LogP contribution in [0, 0.1) is 0 Å². The van der Waals surface area contributed by atoms with Crippen LogP contribution in [0.1, 0.15) is 108 Å². The second kappa shape index (κ2) is 18.9. The van der Waals surface area contributed by atoms with E-state index >= 15 is 0 Å². The fourth-order valence-corrected chi connectivity index (χ4v) is 3.66. The molecule has 0 unspecified atom stereocenters. The number of hydrogen-bond donors (Lipinski definition) is 2. The lowest BCUT2D eigenvalue weighted by Crippen LogP contribution is -3.00. The number of unbranched alkanes of at least 4 members (excludes halogenated alkanes) is 13. The summed E-state index contributed by atoms with van der Waals surface area (Å²) in [4.78, 5) is 0. The number of aliphatic hydroxyl groups excluding tert-OH is 2. The summed E-state index contributed by atoms with van der Waals surface area (Å²) in [6.07, 6.45) is 19.1. The molecular weight excluding hydrogens is 402 g/mol. The van der Waals surface area contributed by atoms with Crippen molar-refractivity contribution in [1.29, 1.82) is 0 Å². The van der Waals surface area contributed by atoms with Gasteiger partial charge >= 0.3 is 0 Å². The molecule has 0 aliphatic heterocycles. The van der Waals surface area contributed by atoms with Crippen molar-refractivity contribution in [3.63, 3.8) is 0 Å². The molecule has 27 heavy (non-hydrogen) atoms. The van der Waals surface area contributed by atoms with Gasteiger partial charge in [0.2, 0.25) is 11.4 Å². The van der Waals surface area contributed by atoms with Crippen molar-refractivity contribution < 1.29 is 31.8 Å². The van der Waals surface area contributed by atoms with Gasteiger partial charge in [0.1, 0.15) is 19.8 Å². The molecule has 1 aromatic rings. The zero-order valence-electron chi connectivity index (χ0n) is 17.5. The zero-order valence-corrected chi connectivity index (χ0v) is 19.1. The van der Waals surface area contributed by atoms with E-state index in [1.807, 2.05) is 18.2 Å². The Hall–Kier alpha value is -0.450. The third kappa shape index (κ3) is 12.6. The van der Waals surface area contributed by atoms with E-state index in [1.165, 1.54) is 83.5 Å². The first-order chi connectivity index (χ1) is 12.8. The van der Waals surface area contributed by atoms with E-state index in [0.29, 0.717) is 0 Å². The summed E-state index contributed by atoms with van der Waals surface area (Å²) >= 11 is 0. The first-order valence-corrected chi connectivity index (χ1v) is 11.1. The minimum atomic E-state index is 0. The monoisotopic (exact) mass is 443 g/mol. The van der Waals surface area contributed by atoms with E-state index < -0.39 is 0 Å². The number of pyridine rings is 1. The molecule has 0 saturated heterocycles. The minimum Gasteiger partial charge on any atom is -1.00 e. The van der Waals surface area contributed by atoms with Crippen LogP contribution in [0.3, 0.4) is 0 Å². The largest absolute Gasteiger partial charge is 1.00 e. The molecule has 2 N–H and O–H groups in total. The lowest BCUT2D eigenvalue weighted by atomic mass is 10.0. The van der Waals surface area contributed by atoms with E-state index in [9.17, 15) is 10.2 Å². The quantitative estimate of drug-likeness (QED) is 0.286. The topological polar surface area (TPSA) is 44.3 Å². The van der Waals surface area contributed by atoms with E-state index in [4.69, 9.17) is 0 Å². The number of aromatic nitrogens is 1. The summed E-state index contributed by atoms with van der Waals surface area (Å²) in [7, 11) is 0. The fraction of sp³-hybridized carbons (Fsp3) is 0.783. The third-order valence-electron chi connectivity index (χ3n) is 5.33. The molecule has 0 fully saturated rings. The van der Waals surface area contributed by atoms with Gasteiger partial charge in [0.25, 0.3) is 0 Å². The van der Waals surface area contributed by atoms with Crippen molar-refractivity contribution in [2.24, 2.45) is 0 Å². The average molecular weight is 444 g/mol. The second-order valence-corrected chi connectivity index (χ2v) is 7.57. The van der Waals surface area contributed by atoms with Crippen molar-refractivity contribution in [3.05, 3.63) is 29.6 Å². The maximum Gasteiger partial charge on any atom is 0.207 e. The molecule has 1 heterocycles. The maximum absolute atomic E-state index is 9.45. The van der Waals surface area contributed by atoms with E-state index in [1.54, 1.807) is 0 Å².